The minimum atomic E-state index is -0.824. The number of hydrogen-bond donors (Lipinski definition) is 3. The maximum atomic E-state index is 13.2. The molecule has 3 N–H and O–H groups in total. The lowest BCUT2D eigenvalue weighted by molar-refractivity contribution is -0.151. The van der Waals surface area contributed by atoms with Gasteiger partial charge in [-0.05, 0) is 77.0 Å². The monoisotopic (exact) mass is 886 g/mol. The molecule has 0 rings (SSSR count). The lowest BCUT2D eigenvalue weighted by Gasteiger charge is -2.24. The summed E-state index contributed by atoms with van der Waals surface area (Å²) >= 11 is 0. The van der Waals surface area contributed by atoms with E-state index in [1.165, 1.54) is 77.0 Å². The normalized spacial score (nSPS) is 14.3. The van der Waals surface area contributed by atoms with Crippen molar-refractivity contribution in [3.63, 3.8) is 0 Å². The van der Waals surface area contributed by atoms with Crippen molar-refractivity contribution in [3.05, 3.63) is 122 Å². The van der Waals surface area contributed by atoms with Crippen molar-refractivity contribution < 1.29 is 24.5 Å². The zero-order valence-corrected chi connectivity index (χ0v) is 41.1. The van der Waals surface area contributed by atoms with Crippen molar-refractivity contribution in [1.29, 1.82) is 0 Å². The predicted octanol–water partition coefficient (Wildman–Crippen LogP) is 15.7. The molecule has 6 heteroatoms. The Kier molecular flexibility index (Phi) is 47.3. The lowest BCUT2D eigenvalue weighted by Crippen LogP contribution is -2.46. The molecule has 362 valence electrons. The number of rotatable bonds is 44. The first kappa shape index (κ1) is 60.3. The lowest BCUT2D eigenvalue weighted by atomic mass is 10.0. The molecule has 3 unspecified atom stereocenters. The molecule has 0 aliphatic heterocycles. The van der Waals surface area contributed by atoms with Gasteiger partial charge in [-0.25, -0.2) is 0 Å². The summed E-state index contributed by atoms with van der Waals surface area (Å²) in [5.41, 5.74) is 0. The minimum Gasteiger partial charge on any atom is -0.462 e. The Morgan fingerprint density at radius 1 is 0.484 bits per heavy atom. The predicted molar refractivity (Wildman–Crippen MR) is 277 cm³/mol. The van der Waals surface area contributed by atoms with E-state index in [0.29, 0.717) is 19.3 Å². The second-order valence-electron chi connectivity index (χ2n) is 16.9. The number of amides is 1. The van der Waals surface area contributed by atoms with E-state index in [9.17, 15) is 19.8 Å². The third-order valence-electron chi connectivity index (χ3n) is 10.9. The van der Waals surface area contributed by atoms with Crippen LogP contribution in [0, 0.1) is 0 Å². The number of esters is 1. The highest BCUT2D eigenvalue weighted by atomic mass is 16.5. The average Bonchev–Trinajstić information content (AvgIpc) is 3.29. The summed E-state index contributed by atoms with van der Waals surface area (Å²) in [5, 5.41) is 23.7. The van der Waals surface area contributed by atoms with Crippen LogP contribution < -0.4 is 5.32 Å². The summed E-state index contributed by atoms with van der Waals surface area (Å²) < 4.78 is 5.86. The zero-order valence-electron chi connectivity index (χ0n) is 41.1. The molecule has 0 spiro atoms. The number of hydrogen-bond acceptors (Lipinski definition) is 5. The van der Waals surface area contributed by atoms with Gasteiger partial charge in [0.2, 0.25) is 5.91 Å². The number of ether oxygens (including phenoxy) is 1. The van der Waals surface area contributed by atoms with Crippen LogP contribution in [0.2, 0.25) is 0 Å². The van der Waals surface area contributed by atoms with E-state index in [1.807, 2.05) is 48.6 Å². The molecule has 0 saturated heterocycles. The van der Waals surface area contributed by atoms with Crippen LogP contribution in [-0.2, 0) is 14.3 Å². The quantitative estimate of drug-likeness (QED) is 0.0245. The van der Waals surface area contributed by atoms with E-state index in [0.717, 1.165) is 77.0 Å². The summed E-state index contributed by atoms with van der Waals surface area (Å²) in [6.45, 7) is 6.18. The summed E-state index contributed by atoms with van der Waals surface area (Å²) in [5.74, 6) is -0.628. The van der Waals surface area contributed by atoms with Gasteiger partial charge in [-0.1, -0.05) is 239 Å². The van der Waals surface area contributed by atoms with Crippen molar-refractivity contribution in [2.45, 2.75) is 225 Å². The van der Waals surface area contributed by atoms with Gasteiger partial charge >= 0.3 is 5.97 Å². The van der Waals surface area contributed by atoms with Crippen LogP contribution in [0.5, 0.6) is 0 Å². The Morgan fingerprint density at radius 2 is 0.922 bits per heavy atom. The van der Waals surface area contributed by atoms with Crippen molar-refractivity contribution in [2.75, 3.05) is 6.61 Å². The van der Waals surface area contributed by atoms with Crippen LogP contribution in [0.1, 0.15) is 207 Å². The van der Waals surface area contributed by atoms with Gasteiger partial charge in [0.25, 0.3) is 0 Å². The molecule has 0 aromatic carbocycles. The summed E-state index contributed by atoms with van der Waals surface area (Å²) in [7, 11) is 0. The number of unbranched alkanes of at least 4 members (excludes halogenated alkanes) is 16. The third kappa shape index (κ3) is 44.9. The maximum absolute atomic E-state index is 13.2. The molecular weight excluding hydrogens is 791 g/mol. The Morgan fingerprint density at radius 3 is 1.42 bits per heavy atom. The van der Waals surface area contributed by atoms with Crippen molar-refractivity contribution >= 4 is 11.9 Å². The van der Waals surface area contributed by atoms with Gasteiger partial charge in [0.05, 0.1) is 25.2 Å². The highest BCUT2D eigenvalue weighted by Gasteiger charge is 2.24. The third-order valence-corrected chi connectivity index (χ3v) is 10.9. The molecule has 6 nitrogen and oxygen atoms in total. The van der Waals surface area contributed by atoms with Gasteiger partial charge in [-0.3, -0.25) is 9.59 Å². The van der Waals surface area contributed by atoms with E-state index >= 15 is 0 Å². The van der Waals surface area contributed by atoms with Gasteiger partial charge in [0.1, 0.15) is 6.10 Å². The SMILES string of the molecule is CC/C=C\C/C=C\C/C=C\C/C=C\C/C=C\CCCC(=O)OC(CCC/C=C/C=C\C=C/C=C/C=C/CC)CC(=O)NC(CO)C(O)CCCCCCCCCCCCCCCCC. The first-order valence-electron chi connectivity index (χ1n) is 25.8. The van der Waals surface area contributed by atoms with Crippen LogP contribution in [0.3, 0.4) is 0 Å². The first-order chi connectivity index (χ1) is 31.5. The highest BCUT2D eigenvalue weighted by molar-refractivity contribution is 5.77. The Hall–Kier alpha value is -3.74. The topological polar surface area (TPSA) is 95.9 Å². The van der Waals surface area contributed by atoms with Gasteiger partial charge in [-0.2, -0.15) is 0 Å². The second kappa shape index (κ2) is 50.3. The molecule has 0 aliphatic carbocycles. The minimum absolute atomic E-state index is 0.00192. The van der Waals surface area contributed by atoms with Crippen LogP contribution in [-0.4, -0.2) is 46.9 Å². The standard InChI is InChI=1S/C58H95NO5/c1-4-7-10-13-16-19-22-25-27-28-30-33-36-39-42-45-48-51-58(63)64-54(49-46-43-40-37-34-31-24-21-18-15-12-9-6-3)52-57(62)59-55(53-60)56(61)50-47-44-41-38-35-32-29-26-23-20-17-14-11-8-5-2/h7,9-10,12,15-16,18-19,21,24-25,27,30-31,33-34,37,39-40,42,54-56,60-61H,4-6,8,11,13-14,17,20,22-23,26,28-29,32,35-36,38,41,43-53H2,1-3H3,(H,59,62)/b10-7-,12-9+,18-15+,19-16-,24-21-,27-25-,33-30-,34-31-,40-37+,42-39-. The maximum Gasteiger partial charge on any atom is 0.306 e. The molecule has 64 heavy (non-hydrogen) atoms. The number of aliphatic hydroxyl groups is 2. The Balaban J connectivity index is 4.76. The van der Waals surface area contributed by atoms with Crippen molar-refractivity contribution in [1.82, 2.24) is 5.32 Å². The van der Waals surface area contributed by atoms with Crippen LogP contribution in [0.4, 0.5) is 0 Å². The fourth-order valence-corrected chi connectivity index (χ4v) is 7.08. The largest absolute Gasteiger partial charge is 0.462 e. The molecule has 0 radical (unpaired) electrons. The van der Waals surface area contributed by atoms with Gasteiger partial charge in [0.15, 0.2) is 0 Å². The van der Waals surface area contributed by atoms with E-state index < -0.39 is 18.2 Å². The van der Waals surface area contributed by atoms with Crippen LogP contribution >= 0.6 is 0 Å². The molecular formula is C58H95NO5. The molecule has 0 aromatic heterocycles. The van der Waals surface area contributed by atoms with Crippen LogP contribution in [0.25, 0.3) is 0 Å². The number of aliphatic hydroxyl groups excluding tert-OH is 2. The first-order valence-corrected chi connectivity index (χ1v) is 25.8. The molecule has 0 heterocycles. The average molecular weight is 886 g/mol. The molecule has 0 aromatic rings. The van der Waals surface area contributed by atoms with Crippen LogP contribution in [0.15, 0.2) is 122 Å². The van der Waals surface area contributed by atoms with Gasteiger partial charge < -0.3 is 20.3 Å². The second-order valence-corrected chi connectivity index (χ2v) is 16.9. The Bertz CT molecular complexity index is 1360. The summed E-state index contributed by atoms with van der Waals surface area (Å²) in [6, 6.07) is -0.744. The van der Waals surface area contributed by atoms with Gasteiger partial charge in [0, 0.05) is 6.42 Å². The van der Waals surface area contributed by atoms with E-state index in [2.05, 4.69) is 99.0 Å². The molecule has 0 bridgehead atoms. The molecule has 3 atom stereocenters. The van der Waals surface area contributed by atoms with Crippen molar-refractivity contribution in [3.8, 4) is 0 Å². The zero-order chi connectivity index (χ0) is 46.7. The number of allylic oxidation sites excluding steroid dienone is 20. The number of nitrogens with one attached hydrogen (secondary N) is 1. The van der Waals surface area contributed by atoms with E-state index in [-0.39, 0.29) is 31.3 Å². The summed E-state index contributed by atoms with van der Waals surface area (Å²) in [4.78, 5) is 26.1. The molecule has 0 fully saturated rings. The summed E-state index contributed by atoms with van der Waals surface area (Å²) in [6.07, 6.45) is 69.8. The van der Waals surface area contributed by atoms with E-state index in [1.54, 1.807) is 0 Å². The van der Waals surface area contributed by atoms with E-state index in [4.69, 9.17) is 4.74 Å². The highest BCUT2D eigenvalue weighted by Crippen LogP contribution is 2.16. The number of carbonyl (C=O) groups excluding carboxylic acids is 2. The smallest absolute Gasteiger partial charge is 0.306 e. The number of carbonyl (C=O) groups is 2. The Labute approximate surface area is 393 Å². The van der Waals surface area contributed by atoms with Gasteiger partial charge in [-0.15, -0.1) is 0 Å². The fraction of sp³-hybridized carbons (Fsp3) is 0.621. The molecule has 0 saturated carbocycles. The molecule has 1 amide bonds. The fourth-order valence-electron chi connectivity index (χ4n) is 7.08. The molecule has 0 aliphatic rings. The van der Waals surface area contributed by atoms with Crippen molar-refractivity contribution in [2.24, 2.45) is 0 Å².